The molecule has 14 heteroatoms. The SMILES string of the molecule is CC[C@H](C)n1cc(-c2ncc(C(=O)NC3(C(=O)O)C(C)CC4CC(C)CC3C4)c(C(F)(F)F)n2)c2ccc(OC3CCC(N4CC(F)(F)C4)CC3)cc21. The molecule has 9 nitrogen and oxygen atoms in total. The second-order valence-electron chi connectivity index (χ2n) is 16.3. The predicted octanol–water partition coefficient (Wildman–Crippen LogP) is 8.37. The van der Waals surface area contributed by atoms with E-state index in [0.717, 1.165) is 50.2 Å². The van der Waals surface area contributed by atoms with E-state index in [1.54, 1.807) is 25.3 Å². The van der Waals surface area contributed by atoms with Crippen molar-refractivity contribution in [3.05, 3.63) is 41.9 Å². The Balaban J connectivity index is 1.17. The number of carboxylic acid groups (broad SMARTS) is 1. The average Bonchev–Trinajstić information content (AvgIpc) is 3.46. The minimum Gasteiger partial charge on any atom is -0.490 e. The largest absolute Gasteiger partial charge is 0.490 e. The molecule has 1 aromatic carbocycles. The van der Waals surface area contributed by atoms with Crippen LogP contribution in [0.3, 0.4) is 0 Å². The molecule has 1 amide bonds. The van der Waals surface area contributed by atoms with Gasteiger partial charge in [0.15, 0.2) is 11.5 Å². The molecule has 53 heavy (non-hydrogen) atoms. The topological polar surface area (TPSA) is 110 Å². The van der Waals surface area contributed by atoms with Gasteiger partial charge in [0.25, 0.3) is 11.8 Å². The number of rotatable bonds is 9. The number of nitrogens with one attached hydrogen (secondary N) is 1. The van der Waals surface area contributed by atoms with E-state index in [-0.39, 0.29) is 43.0 Å². The van der Waals surface area contributed by atoms with Gasteiger partial charge in [-0.05, 0) is 101 Å². The molecule has 3 saturated carbocycles. The van der Waals surface area contributed by atoms with Gasteiger partial charge in [-0.15, -0.1) is 0 Å². The molecule has 4 fully saturated rings. The second-order valence-corrected chi connectivity index (χ2v) is 16.3. The zero-order valence-corrected chi connectivity index (χ0v) is 30.6. The normalized spacial score (nSPS) is 30.7. The Bertz CT molecular complexity index is 1860. The molecular weight excluding hydrogens is 697 g/mol. The zero-order chi connectivity index (χ0) is 38.0. The van der Waals surface area contributed by atoms with Gasteiger partial charge in [-0.1, -0.05) is 20.8 Å². The van der Waals surface area contributed by atoms with Crippen LogP contribution in [-0.2, 0) is 11.0 Å². The number of halogens is 5. The van der Waals surface area contributed by atoms with Crippen LogP contribution in [0, 0.1) is 23.7 Å². The minimum atomic E-state index is -5.03. The molecule has 4 aliphatic rings. The summed E-state index contributed by atoms with van der Waals surface area (Å²) in [6, 6.07) is 5.47. The Morgan fingerprint density at radius 3 is 2.43 bits per heavy atom. The van der Waals surface area contributed by atoms with Crippen molar-refractivity contribution in [2.75, 3.05) is 13.1 Å². The van der Waals surface area contributed by atoms with Gasteiger partial charge in [0.2, 0.25) is 0 Å². The van der Waals surface area contributed by atoms with Crippen molar-refractivity contribution >= 4 is 22.8 Å². The first-order valence-corrected chi connectivity index (χ1v) is 18.9. The maximum Gasteiger partial charge on any atom is 0.434 e. The number of hydrogen-bond acceptors (Lipinski definition) is 6. The molecule has 3 heterocycles. The first-order chi connectivity index (χ1) is 25.0. The number of nitrogens with zero attached hydrogens (tertiary/aromatic N) is 4. The van der Waals surface area contributed by atoms with Crippen molar-refractivity contribution in [1.29, 1.82) is 0 Å². The van der Waals surface area contributed by atoms with Gasteiger partial charge in [-0.25, -0.2) is 23.5 Å². The maximum atomic E-state index is 14.7. The van der Waals surface area contributed by atoms with Crippen LogP contribution in [-0.4, -0.2) is 73.1 Å². The van der Waals surface area contributed by atoms with E-state index in [1.165, 1.54) is 0 Å². The lowest BCUT2D eigenvalue weighted by atomic mass is 9.56. The zero-order valence-electron chi connectivity index (χ0n) is 30.6. The number of benzene rings is 1. The molecular formula is C39H48F5N5O4. The molecule has 2 aromatic heterocycles. The van der Waals surface area contributed by atoms with Crippen LogP contribution < -0.4 is 10.1 Å². The third kappa shape index (κ3) is 7.00. The number of carboxylic acids is 1. The molecule has 1 saturated heterocycles. The Kier molecular flexibility index (Phi) is 9.76. The van der Waals surface area contributed by atoms with E-state index in [0.29, 0.717) is 41.9 Å². The third-order valence-electron chi connectivity index (χ3n) is 12.6. The summed E-state index contributed by atoms with van der Waals surface area (Å²) in [6.07, 6.45) is 3.84. The van der Waals surface area contributed by atoms with E-state index in [4.69, 9.17) is 4.74 Å². The quantitative estimate of drug-likeness (QED) is 0.212. The Labute approximate surface area is 305 Å². The lowest BCUT2D eigenvalue weighted by Crippen LogP contribution is -2.66. The number of carbonyl (C=O) groups excluding carboxylic acids is 1. The van der Waals surface area contributed by atoms with Crippen molar-refractivity contribution in [2.45, 2.75) is 121 Å². The van der Waals surface area contributed by atoms with E-state index in [2.05, 4.69) is 15.3 Å². The van der Waals surface area contributed by atoms with E-state index >= 15 is 0 Å². The van der Waals surface area contributed by atoms with Gasteiger partial charge < -0.3 is 19.7 Å². The third-order valence-corrected chi connectivity index (χ3v) is 12.6. The Hall–Kier alpha value is -3.81. The molecule has 3 aromatic rings. The standard InChI is InChI=1S/C39H48F5N5O4/c1-5-23(4)49-18-31(29-11-10-28(16-32(29)49)53-27-8-6-26(7-9-27)48-19-37(40,41)20-48)34-45-17-30(33(46-34)39(42,43)44)35(50)47-38(36(51)52)22(3)14-24-12-21(2)13-25(38)15-24/h10-11,16-18,21-27H,5-9,12-15,19-20H2,1-4H3,(H,47,50)(H,51,52)/t21?,22?,23-,24?,25?,26?,27?,38?/m0/s1. The van der Waals surface area contributed by atoms with Crippen molar-refractivity contribution in [3.8, 4) is 17.1 Å². The summed E-state index contributed by atoms with van der Waals surface area (Å²) in [7, 11) is 0. The summed E-state index contributed by atoms with van der Waals surface area (Å²) in [4.78, 5) is 36.7. The van der Waals surface area contributed by atoms with Gasteiger partial charge >= 0.3 is 12.1 Å². The lowest BCUT2D eigenvalue weighted by molar-refractivity contribution is -0.155. The number of fused-ring (bicyclic) bond motifs is 3. The number of carbonyl (C=O) groups is 2. The number of aromatic nitrogens is 3. The van der Waals surface area contributed by atoms with Gasteiger partial charge in [-0.3, -0.25) is 9.69 Å². The van der Waals surface area contributed by atoms with E-state index in [9.17, 15) is 36.6 Å². The van der Waals surface area contributed by atoms with Crippen molar-refractivity contribution in [3.63, 3.8) is 0 Å². The fourth-order valence-corrected chi connectivity index (χ4v) is 9.78. The summed E-state index contributed by atoms with van der Waals surface area (Å²) in [5.41, 5.74) is -2.89. The van der Waals surface area contributed by atoms with E-state index < -0.39 is 52.6 Å². The summed E-state index contributed by atoms with van der Waals surface area (Å²) < 4.78 is 79.3. The maximum absolute atomic E-state index is 14.7. The molecule has 288 valence electrons. The second kappa shape index (κ2) is 13.8. The van der Waals surface area contributed by atoms with Gasteiger partial charge in [0, 0.05) is 41.5 Å². The number of hydrogen-bond donors (Lipinski definition) is 2. The van der Waals surface area contributed by atoms with Crippen molar-refractivity contribution in [2.24, 2.45) is 23.7 Å². The van der Waals surface area contributed by atoms with E-state index in [1.807, 2.05) is 36.3 Å². The molecule has 6 atom stereocenters. The molecule has 2 bridgehead atoms. The summed E-state index contributed by atoms with van der Waals surface area (Å²) in [5.74, 6) is -4.95. The summed E-state index contributed by atoms with van der Waals surface area (Å²) in [5, 5.41) is 13.7. The average molecular weight is 746 g/mol. The van der Waals surface area contributed by atoms with Crippen molar-refractivity contribution < 1.29 is 41.4 Å². The highest BCUT2D eigenvalue weighted by Crippen LogP contribution is 2.50. The van der Waals surface area contributed by atoms with Crippen LogP contribution in [0.25, 0.3) is 22.3 Å². The molecule has 5 unspecified atom stereocenters. The molecule has 0 spiro atoms. The Morgan fingerprint density at radius 1 is 1.08 bits per heavy atom. The van der Waals surface area contributed by atoms with Crippen LogP contribution in [0.1, 0.15) is 108 Å². The fraction of sp³-hybridized carbons (Fsp3) is 0.641. The van der Waals surface area contributed by atoms with Crippen LogP contribution in [0.2, 0.25) is 0 Å². The number of alkyl halides is 5. The number of amides is 1. The van der Waals surface area contributed by atoms with Crippen LogP contribution >= 0.6 is 0 Å². The van der Waals surface area contributed by atoms with Gasteiger partial charge in [0.05, 0.1) is 30.3 Å². The van der Waals surface area contributed by atoms with Crippen LogP contribution in [0.15, 0.2) is 30.6 Å². The molecule has 2 N–H and O–H groups in total. The first kappa shape index (κ1) is 37.5. The monoisotopic (exact) mass is 745 g/mol. The highest BCUT2D eigenvalue weighted by atomic mass is 19.4. The molecule has 7 rings (SSSR count). The smallest absolute Gasteiger partial charge is 0.434 e. The predicted molar refractivity (Wildman–Crippen MR) is 188 cm³/mol. The summed E-state index contributed by atoms with van der Waals surface area (Å²) >= 11 is 0. The molecule has 0 radical (unpaired) electrons. The van der Waals surface area contributed by atoms with Crippen LogP contribution in [0.4, 0.5) is 22.0 Å². The Morgan fingerprint density at radius 2 is 1.79 bits per heavy atom. The minimum absolute atomic E-state index is 0.0366. The highest BCUT2D eigenvalue weighted by molar-refractivity contribution is 6.00. The lowest BCUT2D eigenvalue weighted by Gasteiger charge is -2.52. The van der Waals surface area contributed by atoms with Crippen molar-refractivity contribution in [1.82, 2.24) is 24.8 Å². The van der Waals surface area contributed by atoms with Gasteiger partial charge in [-0.2, -0.15) is 13.2 Å². The number of aliphatic carboxylic acids is 1. The fourth-order valence-electron chi connectivity index (χ4n) is 9.78. The van der Waals surface area contributed by atoms with Gasteiger partial charge in [0.1, 0.15) is 11.3 Å². The first-order valence-electron chi connectivity index (χ1n) is 18.9. The molecule has 1 aliphatic heterocycles. The van der Waals surface area contributed by atoms with Crippen LogP contribution in [0.5, 0.6) is 5.75 Å². The summed E-state index contributed by atoms with van der Waals surface area (Å²) in [6.45, 7) is 7.40. The number of ether oxygens (including phenoxy) is 1. The number of likely N-dealkylation sites (tertiary alicyclic amines) is 1. The molecule has 3 aliphatic carbocycles. The highest BCUT2D eigenvalue weighted by Gasteiger charge is 2.57.